The molecule has 88 valence electrons. The second-order valence-electron chi connectivity index (χ2n) is 3.39. The van der Waals surface area contributed by atoms with Gasteiger partial charge in [-0.2, -0.15) is 0 Å². The van der Waals surface area contributed by atoms with E-state index in [2.05, 4.69) is 5.32 Å². The van der Waals surface area contributed by atoms with Crippen LogP contribution in [-0.4, -0.2) is 41.8 Å². The molecule has 5 N–H and O–H groups in total. The molecule has 0 aromatic rings. The third-order valence-corrected chi connectivity index (χ3v) is 2.45. The lowest BCUT2D eigenvalue weighted by atomic mass is 9.81. The summed E-state index contributed by atoms with van der Waals surface area (Å²) in [7, 11) is 0. The zero-order valence-corrected chi connectivity index (χ0v) is 8.82. The highest BCUT2D eigenvalue weighted by Gasteiger charge is 2.37. The van der Waals surface area contributed by atoms with Crippen molar-refractivity contribution in [3.05, 3.63) is 0 Å². The molecule has 0 heterocycles. The quantitative estimate of drug-likeness (QED) is 0.434. The van der Waals surface area contributed by atoms with Gasteiger partial charge in [-0.05, 0) is 6.42 Å². The number of carbonyl (C=O) groups is 2. The normalized spacial score (nSPS) is 14.3. The summed E-state index contributed by atoms with van der Waals surface area (Å²) >= 11 is 0. The van der Waals surface area contributed by atoms with E-state index in [4.69, 9.17) is 15.9 Å². The van der Waals surface area contributed by atoms with Gasteiger partial charge in [0.25, 0.3) is 0 Å². The average molecular weight is 218 g/mol. The van der Waals surface area contributed by atoms with Crippen molar-refractivity contribution in [3.8, 4) is 0 Å². The van der Waals surface area contributed by atoms with E-state index >= 15 is 0 Å². The van der Waals surface area contributed by atoms with Crippen LogP contribution >= 0.6 is 0 Å². The first-order valence-corrected chi connectivity index (χ1v) is 4.83. The number of carboxylic acids is 1. The number of carboxylic acid groups (broad SMARTS) is 1. The number of aliphatic hydroxyl groups excluding tert-OH is 1. The highest BCUT2D eigenvalue weighted by molar-refractivity contribution is 5.85. The van der Waals surface area contributed by atoms with Crippen LogP contribution in [0.15, 0.2) is 0 Å². The van der Waals surface area contributed by atoms with Crippen molar-refractivity contribution >= 4 is 11.9 Å². The van der Waals surface area contributed by atoms with Gasteiger partial charge < -0.3 is 21.3 Å². The molecule has 0 aromatic heterocycles. The van der Waals surface area contributed by atoms with Crippen molar-refractivity contribution < 1.29 is 19.8 Å². The molecule has 0 radical (unpaired) electrons. The first-order chi connectivity index (χ1) is 7.02. The van der Waals surface area contributed by atoms with E-state index in [0.717, 1.165) is 0 Å². The second kappa shape index (κ2) is 6.36. The maximum absolute atomic E-state index is 11.3. The predicted molar refractivity (Wildman–Crippen MR) is 54.1 cm³/mol. The Bertz CT molecular complexity index is 226. The van der Waals surface area contributed by atoms with E-state index in [1.165, 1.54) is 0 Å². The minimum absolute atomic E-state index is 0.0780. The van der Waals surface area contributed by atoms with Gasteiger partial charge in [-0.15, -0.1) is 0 Å². The van der Waals surface area contributed by atoms with E-state index in [-0.39, 0.29) is 26.1 Å². The molecule has 0 aliphatic heterocycles. The maximum Gasteiger partial charge on any atom is 0.311 e. The third kappa shape index (κ3) is 3.85. The summed E-state index contributed by atoms with van der Waals surface area (Å²) in [6.45, 7) is 1.56. The van der Waals surface area contributed by atoms with Crippen LogP contribution in [0, 0.1) is 5.41 Å². The Labute approximate surface area is 88.5 Å². The van der Waals surface area contributed by atoms with Crippen LogP contribution in [0.4, 0.5) is 0 Å². The predicted octanol–water partition coefficient (Wildman–Crippen LogP) is -1.08. The molecule has 0 rings (SSSR count). The molecule has 0 aliphatic rings. The first kappa shape index (κ1) is 13.9. The van der Waals surface area contributed by atoms with Crippen molar-refractivity contribution in [2.24, 2.45) is 11.1 Å². The first-order valence-electron chi connectivity index (χ1n) is 4.83. The van der Waals surface area contributed by atoms with Crippen molar-refractivity contribution in [2.45, 2.75) is 19.8 Å². The van der Waals surface area contributed by atoms with Crippen molar-refractivity contribution in [1.82, 2.24) is 5.32 Å². The number of aliphatic carboxylic acids is 1. The molecular weight excluding hydrogens is 200 g/mol. The lowest BCUT2D eigenvalue weighted by Gasteiger charge is -2.25. The van der Waals surface area contributed by atoms with Gasteiger partial charge in [0.05, 0.1) is 12.0 Å². The van der Waals surface area contributed by atoms with Gasteiger partial charge in [-0.3, -0.25) is 9.59 Å². The van der Waals surface area contributed by atoms with E-state index in [1.54, 1.807) is 6.92 Å². The highest BCUT2D eigenvalue weighted by Crippen LogP contribution is 2.25. The Morgan fingerprint density at radius 2 is 2.07 bits per heavy atom. The van der Waals surface area contributed by atoms with Gasteiger partial charge in [0.1, 0.15) is 0 Å². The molecule has 6 nitrogen and oxygen atoms in total. The summed E-state index contributed by atoms with van der Waals surface area (Å²) in [5.41, 5.74) is 4.19. The summed E-state index contributed by atoms with van der Waals surface area (Å²) in [6, 6.07) is 0. The van der Waals surface area contributed by atoms with Gasteiger partial charge in [0.2, 0.25) is 5.91 Å². The Morgan fingerprint density at radius 3 is 2.40 bits per heavy atom. The standard InChI is InChI=1S/C9H18N2O4/c1-2-9(6-10,8(14)15)5-7(13)11-3-4-12/h12H,2-6,10H2,1H3,(H,11,13)(H,14,15). The molecule has 0 saturated heterocycles. The molecule has 1 atom stereocenters. The number of nitrogens with two attached hydrogens (primary N) is 1. The molecule has 15 heavy (non-hydrogen) atoms. The van der Waals surface area contributed by atoms with Crippen LogP contribution in [0.2, 0.25) is 0 Å². The van der Waals surface area contributed by atoms with Crippen LogP contribution < -0.4 is 11.1 Å². The van der Waals surface area contributed by atoms with E-state index in [0.29, 0.717) is 6.42 Å². The van der Waals surface area contributed by atoms with Gasteiger partial charge in [0, 0.05) is 19.5 Å². The second-order valence-corrected chi connectivity index (χ2v) is 3.39. The largest absolute Gasteiger partial charge is 0.481 e. The maximum atomic E-state index is 11.3. The van der Waals surface area contributed by atoms with E-state index in [1.807, 2.05) is 0 Å². The van der Waals surface area contributed by atoms with Crippen LogP contribution in [0.1, 0.15) is 19.8 Å². The Hall–Kier alpha value is -1.14. The SMILES string of the molecule is CCC(CN)(CC(=O)NCCO)C(=O)O. The smallest absolute Gasteiger partial charge is 0.311 e. The van der Waals surface area contributed by atoms with Gasteiger partial charge in [-0.1, -0.05) is 6.92 Å². The summed E-state index contributed by atoms with van der Waals surface area (Å²) < 4.78 is 0. The molecule has 0 saturated carbocycles. The van der Waals surface area contributed by atoms with Gasteiger partial charge in [0.15, 0.2) is 0 Å². The summed E-state index contributed by atoms with van der Waals surface area (Å²) in [6.07, 6.45) is 0.140. The van der Waals surface area contributed by atoms with E-state index in [9.17, 15) is 9.59 Å². The highest BCUT2D eigenvalue weighted by atomic mass is 16.4. The number of nitrogens with one attached hydrogen (secondary N) is 1. The van der Waals surface area contributed by atoms with Crippen LogP contribution in [0.5, 0.6) is 0 Å². The Kier molecular flexibility index (Phi) is 5.88. The monoisotopic (exact) mass is 218 g/mol. The molecule has 6 heteroatoms. The Morgan fingerprint density at radius 1 is 1.47 bits per heavy atom. The fourth-order valence-electron chi connectivity index (χ4n) is 1.22. The van der Waals surface area contributed by atoms with Crippen molar-refractivity contribution in [2.75, 3.05) is 19.7 Å². The molecule has 0 aromatic carbocycles. The lowest BCUT2D eigenvalue weighted by molar-refractivity contribution is -0.151. The van der Waals surface area contributed by atoms with Crippen LogP contribution in [0.25, 0.3) is 0 Å². The van der Waals surface area contributed by atoms with Crippen molar-refractivity contribution in [1.29, 1.82) is 0 Å². The zero-order chi connectivity index (χ0) is 11.9. The molecule has 0 bridgehead atoms. The zero-order valence-electron chi connectivity index (χ0n) is 8.82. The van der Waals surface area contributed by atoms with Gasteiger partial charge in [-0.25, -0.2) is 0 Å². The van der Waals surface area contributed by atoms with E-state index < -0.39 is 17.3 Å². The third-order valence-electron chi connectivity index (χ3n) is 2.45. The summed E-state index contributed by atoms with van der Waals surface area (Å²) in [5, 5.41) is 19.9. The number of amides is 1. The van der Waals surface area contributed by atoms with Crippen LogP contribution in [-0.2, 0) is 9.59 Å². The minimum atomic E-state index is -1.19. The molecule has 0 spiro atoms. The fourth-order valence-corrected chi connectivity index (χ4v) is 1.22. The summed E-state index contributed by atoms with van der Waals surface area (Å²) in [5.74, 6) is -1.47. The lowest BCUT2D eigenvalue weighted by Crippen LogP contribution is -2.43. The molecular formula is C9H18N2O4. The topological polar surface area (TPSA) is 113 Å². The molecule has 1 unspecified atom stereocenters. The fraction of sp³-hybridized carbons (Fsp3) is 0.778. The number of carbonyl (C=O) groups excluding carboxylic acids is 1. The molecule has 0 aliphatic carbocycles. The number of aliphatic hydroxyl groups is 1. The summed E-state index contributed by atoms with van der Waals surface area (Å²) in [4.78, 5) is 22.3. The van der Waals surface area contributed by atoms with Crippen LogP contribution in [0.3, 0.4) is 0 Å². The number of hydrogen-bond acceptors (Lipinski definition) is 4. The van der Waals surface area contributed by atoms with Gasteiger partial charge >= 0.3 is 5.97 Å². The molecule has 0 fully saturated rings. The number of hydrogen-bond donors (Lipinski definition) is 4. The Balaban J connectivity index is 4.40. The number of rotatable bonds is 7. The molecule has 1 amide bonds. The minimum Gasteiger partial charge on any atom is -0.481 e. The van der Waals surface area contributed by atoms with Crippen molar-refractivity contribution in [3.63, 3.8) is 0 Å². The average Bonchev–Trinajstić information content (AvgIpc) is 2.22.